The topological polar surface area (TPSA) is 102 Å². The predicted molar refractivity (Wildman–Crippen MR) is 107 cm³/mol. The van der Waals surface area contributed by atoms with Gasteiger partial charge in [0.1, 0.15) is 5.82 Å². The molecule has 0 bridgehead atoms. The van der Waals surface area contributed by atoms with Crippen molar-refractivity contribution in [3.8, 4) is 11.4 Å². The highest BCUT2D eigenvalue weighted by Gasteiger charge is 2.24. The van der Waals surface area contributed by atoms with Crippen LogP contribution in [0.15, 0.2) is 47.6 Å². The molecule has 4 rings (SSSR count). The van der Waals surface area contributed by atoms with Crippen molar-refractivity contribution in [1.82, 2.24) is 24.2 Å². The molecule has 0 aliphatic heterocycles. The van der Waals surface area contributed by atoms with Gasteiger partial charge in [-0.15, -0.1) is 0 Å². The predicted octanol–water partition coefficient (Wildman–Crippen LogP) is 2.76. The number of aryl methyl sites for hydroxylation is 1. The summed E-state index contributed by atoms with van der Waals surface area (Å²) in [6.07, 6.45) is 6.34. The number of benzene rings is 1. The lowest BCUT2D eigenvalue weighted by molar-refractivity contribution is 0.383. The fourth-order valence-corrected chi connectivity index (χ4v) is 4.27. The molecule has 2 heterocycles. The molecule has 2 N–H and O–H groups in total. The molecule has 1 aromatic carbocycles. The SMILES string of the molecule is Cc1ncc(-c2ccnc(Nc3ccc(S(=O)(=O)NC4CCC4)cc3)n2)n1C. The summed E-state index contributed by atoms with van der Waals surface area (Å²) in [6.45, 7) is 1.93. The van der Waals surface area contributed by atoms with Gasteiger partial charge in [0.15, 0.2) is 0 Å². The van der Waals surface area contributed by atoms with Crippen LogP contribution in [-0.2, 0) is 17.1 Å². The Morgan fingerprint density at radius 1 is 1.11 bits per heavy atom. The lowest BCUT2D eigenvalue weighted by Gasteiger charge is -2.26. The van der Waals surface area contributed by atoms with E-state index >= 15 is 0 Å². The Labute approximate surface area is 164 Å². The summed E-state index contributed by atoms with van der Waals surface area (Å²) < 4.78 is 29.4. The van der Waals surface area contributed by atoms with Gasteiger partial charge in [0, 0.05) is 25.0 Å². The Morgan fingerprint density at radius 2 is 1.86 bits per heavy atom. The minimum atomic E-state index is -3.47. The maximum absolute atomic E-state index is 12.4. The van der Waals surface area contributed by atoms with Crippen molar-refractivity contribution in [3.05, 3.63) is 48.5 Å². The number of aromatic nitrogens is 4. The van der Waals surface area contributed by atoms with Gasteiger partial charge in [0.05, 0.1) is 22.5 Å². The molecule has 1 fully saturated rings. The molecule has 8 nitrogen and oxygen atoms in total. The summed E-state index contributed by atoms with van der Waals surface area (Å²) in [6, 6.07) is 8.47. The number of hydrogen-bond donors (Lipinski definition) is 2. The fourth-order valence-electron chi connectivity index (χ4n) is 2.96. The van der Waals surface area contributed by atoms with Gasteiger partial charge in [0.25, 0.3) is 0 Å². The van der Waals surface area contributed by atoms with Crippen molar-refractivity contribution >= 4 is 21.7 Å². The molecule has 0 amide bonds. The number of hydrogen-bond acceptors (Lipinski definition) is 6. The molecule has 28 heavy (non-hydrogen) atoms. The fraction of sp³-hybridized carbons (Fsp3) is 0.316. The molecule has 9 heteroatoms. The third kappa shape index (κ3) is 3.76. The van der Waals surface area contributed by atoms with E-state index in [0.717, 1.165) is 36.5 Å². The van der Waals surface area contributed by atoms with Crippen LogP contribution in [0.5, 0.6) is 0 Å². The van der Waals surface area contributed by atoms with Crippen LogP contribution < -0.4 is 10.0 Å². The maximum Gasteiger partial charge on any atom is 0.240 e. The van der Waals surface area contributed by atoms with Gasteiger partial charge in [-0.1, -0.05) is 6.42 Å². The maximum atomic E-state index is 12.4. The second-order valence-electron chi connectivity index (χ2n) is 6.91. The normalized spacial score (nSPS) is 14.6. The largest absolute Gasteiger partial charge is 0.330 e. The van der Waals surface area contributed by atoms with Crippen molar-refractivity contribution in [1.29, 1.82) is 0 Å². The highest BCUT2D eigenvalue weighted by atomic mass is 32.2. The van der Waals surface area contributed by atoms with Crippen LogP contribution >= 0.6 is 0 Å². The quantitative estimate of drug-likeness (QED) is 0.662. The van der Waals surface area contributed by atoms with E-state index in [2.05, 4.69) is 25.0 Å². The third-order valence-electron chi connectivity index (χ3n) is 4.99. The lowest BCUT2D eigenvalue weighted by Crippen LogP contribution is -2.39. The molecule has 1 saturated carbocycles. The summed E-state index contributed by atoms with van der Waals surface area (Å²) in [5, 5.41) is 3.11. The second-order valence-corrected chi connectivity index (χ2v) is 8.63. The molecule has 0 spiro atoms. The van der Waals surface area contributed by atoms with Crippen LogP contribution in [-0.4, -0.2) is 34.0 Å². The summed E-state index contributed by atoms with van der Waals surface area (Å²) in [5.74, 6) is 1.33. The monoisotopic (exact) mass is 398 g/mol. The van der Waals surface area contributed by atoms with Crippen molar-refractivity contribution < 1.29 is 8.42 Å². The van der Waals surface area contributed by atoms with Gasteiger partial charge < -0.3 is 9.88 Å². The molecule has 2 aromatic heterocycles. The minimum Gasteiger partial charge on any atom is -0.330 e. The van der Waals surface area contributed by atoms with E-state index in [1.54, 1.807) is 36.7 Å². The summed E-state index contributed by atoms with van der Waals surface area (Å²) in [4.78, 5) is 13.3. The Balaban J connectivity index is 1.50. The zero-order valence-corrected chi connectivity index (χ0v) is 16.6. The Kier molecular flexibility index (Phi) is 4.86. The number of sulfonamides is 1. The van der Waals surface area contributed by atoms with E-state index in [1.807, 2.05) is 24.6 Å². The molecule has 1 aliphatic rings. The van der Waals surface area contributed by atoms with Crippen LogP contribution in [0, 0.1) is 6.92 Å². The zero-order valence-electron chi connectivity index (χ0n) is 15.8. The smallest absolute Gasteiger partial charge is 0.240 e. The highest BCUT2D eigenvalue weighted by molar-refractivity contribution is 7.89. The zero-order chi connectivity index (χ0) is 19.7. The highest BCUT2D eigenvalue weighted by Crippen LogP contribution is 2.23. The third-order valence-corrected chi connectivity index (χ3v) is 6.52. The van der Waals surface area contributed by atoms with Crippen molar-refractivity contribution in [3.63, 3.8) is 0 Å². The van der Waals surface area contributed by atoms with Gasteiger partial charge in [-0.05, 0) is 50.1 Å². The number of nitrogens with zero attached hydrogens (tertiary/aromatic N) is 4. The van der Waals surface area contributed by atoms with Crippen molar-refractivity contribution in [2.45, 2.75) is 37.1 Å². The molecule has 1 aliphatic carbocycles. The molecule has 146 valence electrons. The van der Waals surface area contributed by atoms with Crippen LogP contribution in [0.4, 0.5) is 11.6 Å². The molecule has 0 atom stereocenters. The van der Waals surface area contributed by atoms with E-state index in [9.17, 15) is 8.42 Å². The summed E-state index contributed by atoms with van der Waals surface area (Å²) >= 11 is 0. The van der Waals surface area contributed by atoms with Crippen LogP contribution in [0.2, 0.25) is 0 Å². The van der Waals surface area contributed by atoms with Crippen LogP contribution in [0.1, 0.15) is 25.1 Å². The van der Waals surface area contributed by atoms with Gasteiger partial charge in [0.2, 0.25) is 16.0 Å². The molecular formula is C19H22N6O2S. The number of imidazole rings is 1. The van der Waals surface area contributed by atoms with Gasteiger partial charge >= 0.3 is 0 Å². The van der Waals surface area contributed by atoms with Crippen LogP contribution in [0.25, 0.3) is 11.4 Å². The van der Waals surface area contributed by atoms with Gasteiger partial charge in [-0.3, -0.25) is 0 Å². The van der Waals surface area contributed by atoms with Crippen molar-refractivity contribution in [2.24, 2.45) is 7.05 Å². The minimum absolute atomic E-state index is 0.0644. The van der Waals surface area contributed by atoms with Gasteiger partial charge in [-0.25, -0.2) is 28.1 Å². The van der Waals surface area contributed by atoms with E-state index in [-0.39, 0.29) is 10.9 Å². The first-order chi connectivity index (χ1) is 13.4. The Bertz CT molecular complexity index is 1090. The standard InChI is InChI=1S/C19H22N6O2S/c1-13-21-12-18(25(13)2)17-10-11-20-19(23-17)22-14-6-8-16(9-7-14)28(26,27)24-15-4-3-5-15/h6-12,15,24H,3-5H2,1-2H3,(H,20,22,23). The number of anilines is 2. The number of rotatable bonds is 6. The molecule has 0 radical (unpaired) electrons. The first-order valence-corrected chi connectivity index (χ1v) is 10.6. The van der Waals surface area contributed by atoms with Crippen molar-refractivity contribution in [2.75, 3.05) is 5.32 Å². The Morgan fingerprint density at radius 3 is 2.46 bits per heavy atom. The van der Waals surface area contributed by atoms with Gasteiger partial charge in [-0.2, -0.15) is 0 Å². The summed E-state index contributed by atoms with van der Waals surface area (Å²) in [5.41, 5.74) is 2.36. The summed E-state index contributed by atoms with van der Waals surface area (Å²) in [7, 11) is -1.54. The second kappa shape index (κ2) is 7.33. The van der Waals surface area contributed by atoms with E-state index < -0.39 is 10.0 Å². The average molecular weight is 398 g/mol. The molecule has 0 saturated heterocycles. The first kappa shape index (κ1) is 18.6. The first-order valence-electron chi connectivity index (χ1n) is 9.13. The molecular weight excluding hydrogens is 376 g/mol. The molecule has 3 aromatic rings. The number of nitrogens with one attached hydrogen (secondary N) is 2. The average Bonchev–Trinajstić information content (AvgIpc) is 2.98. The van der Waals surface area contributed by atoms with E-state index in [4.69, 9.17) is 0 Å². The van der Waals surface area contributed by atoms with E-state index in [1.165, 1.54) is 0 Å². The molecule has 0 unspecified atom stereocenters. The van der Waals surface area contributed by atoms with Crippen LogP contribution in [0.3, 0.4) is 0 Å². The Hall–Kier alpha value is -2.78. The van der Waals surface area contributed by atoms with E-state index in [0.29, 0.717) is 11.6 Å². The lowest BCUT2D eigenvalue weighted by atomic mass is 9.94.